The minimum absolute atomic E-state index is 0.452. The van der Waals surface area contributed by atoms with Gasteiger partial charge in [0.2, 0.25) is 11.8 Å². The minimum atomic E-state index is 0.452. The molecule has 4 aromatic rings. The maximum Gasteiger partial charge on any atom is 0.230 e. The zero-order valence-corrected chi connectivity index (χ0v) is 15.1. The molecule has 0 saturated carbocycles. The van der Waals surface area contributed by atoms with Crippen molar-refractivity contribution < 1.29 is 4.74 Å². The van der Waals surface area contributed by atoms with Crippen LogP contribution >= 0.6 is 0 Å². The Morgan fingerprint density at radius 3 is 2.89 bits per heavy atom. The average Bonchev–Trinajstić information content (AvgIpc) is 3.05. The van der Waals surface area contributed by atoms with Gasteiger partial charge in [-0.1, -0.05) is 13.0 Å². The molecule has 136 valence electrons. The lowest BCUT2D eigenvalue weighted by Crippen LogP contribution is -1.99. The van der Waals surface area contributed by atoms with Crippen LogP contribution in [-0.4, -0.2) is 14.5 Å². The zero-order valence-electron chi connectivity index (χ0n) is 15.1. The second-order valence-corrected chi connectivity index (χ2v) is 6.30. The number of hydrogen-bond donors (Lipinski definition) is 2. The summed E-state index contributed by atoms with van der Waals surface area (Å²) in [5.41, 5.74) is 8.51. The van der Waals surface area contributed by atoms with E-state index in [2.05, 4.69) is 45.1 Å². The van der Waals surface area contributed by atoms with Crippen molar-refractivity contribution in [2.24, 2.45) is 0 Å². The molecule has 3 N–H and O–H groups in total. The number of benzene rings is 2. The number of nitrogen functional groups attached to an aromatic ring is 1. The first-order valence-corrected chi connectivity index (χ1v) is 8.93. The number of hydrogen-bond acceptors (Lipinski definition) is 5. The maximum atomic E-state index is 5.93. The third-order valence-electron chi connectivity index (χ3n) is 4.20. The lowest BCUT2D eigenvalue weighted by atomic mass is 10.2. The molecule has 0 aliphatic rings. The van der Waals surface area contributed by atoms with E-state index in [4.69, 9.17) is 10.5 Å². The topological polar surface area (TPSA) is 78.0 Å². The summed E-state index contributed by atoms with van der Waals surface area (Å²) in [5, 5.41) is 4.28. The predicted octanol–water partition coefficient (Wildman–Crippen LogP) is 4.96. The van der Waals surface area contributed by atoms with E-state index in [-0.39, 0.29) is 0 Å². The van der Waals surface area contributed by atoms with E-state index in [9.17, 15) is 0 Å². The number of ether oxygens (including phenoxy) is 1. The van der Waals surface area contributed by atoms with Gasteiger partial charge in [0, 0.05) is 47.3 Å². The van der Waals surface area contributed by atoms with E-state index < -0.39 is 0 Å². The van der Waals surface area contributed by atoms with Gasteiger partial charge in [-0.2, -0.15) is 4.98 Å². The number of nitrogens with zero attached hydrogens (tertiary/aromatic N) is 3. The zero-order chi connectivity index (χ0) is 18.6. The fraction of sp³-hybridized carbons (Fsp3) is 0.143. The molecule has 0 aliphatic heterocycles. The number of aromatic nitrogens is 3. The van der Waals surface area contributed by atoms with Crippen molar-refractivity contribution in [2.75, 3.05) is 11.1 Å². The number of nitrogens with two attached hydrogens (primary N) is 1. The van der Waals surface area contributed by atoms with Crippen LogP contribution in [0.5, 0.6) is 11.6 Å². The number of aryl methyl sites for hydroxylation is 1. The van der Waals surface area contributed by atoms with Gasteiger partial charge >= 0.3 is 0 Å². The Hall–Kier alpha value is -3.54. The number of rotatable bonds is 6. The van der Waals surface area contributed by atoms with Crippen LogP contribution in [0.25, 0.3) is 10.9 Å². The molecular weight excluding hydrogens is 338 g/mol. The van der Waals surface area contributed by atoms with E-state index in [0.717, 1.165) is 29.8 Å². The quantitative estimate of drug-likeness (QED) is 0.476. The first kappa shape index (κ1) is 16.9. The molecule has 0 amide bonds. The van der Waals surface area contributed by atoms with Gasteiger partial charge in [-0.05, 0) is 48.9 Å². The maximum absolute atomic E-state index is 5.93. The van der Waals surface area contributed by atoms with Gasteiger partial charge < -0.3 is 20.4 Å². The highest BCUT2D eigenvalue weighted by molar-refractivity contribution is 5.81. The summed E-state index contributed by atoms with van der Waals surface area (Å²) in [5.74, 6) is 1.67. The molecule has 0 fully saturated rings. The Morgan fingerprint density at radius 2 is 2.04 bits per heavy atom. The summed E-state index contributed by atoms with van der Waals surface area (Å²) < 4.78 is 8.18. The molecule has 2 heterocycles. The van der Waals surface area contributed by atoms with Gasteiger partial charge in [-0.25, -0.2) is 4.98 Å². The van der Waals surface area contributed by atoms with Crippen LogP contribution in [-0.2, 0) is 6.54 Å². The summed E-state index contributed by atoms with van der Waals surface area (Å²) in [7, 11) is 0. The van der Waals surface area contributed by atoms with Crippen LogP contribution < -0.4 is 15.8 Å². The molecule has 2 aromatic carbocycles. The minimum Gasteiger partial charge on any atom is -0.439 e. The van der Waals surface area contributed by atoms with Gasteiger partial charge in [0.25, 0.3) is 0 Å². The smallest absolute Gasteiger partial charge is 0.230 e. The van der Waals surface area contributed by atoms with Crippen molar-refractivity contribution in [1.82, 2.24) is 14.5 Å². The highest BCUT2D eigenvalue weighted by atomic mass is 16.5. The van der Waals surface area contributed by atoms with Crippen molar-refractivity contribution in [3.8, 4) is 11.6 Å². The van der Waals surface area contributed by atoms with Gasteiger partial charge in [0.15, 0.2) is 0 Å². The number of anilines is 3. The molecule has 0 saturated heterocycles. The molecule has 0 bridgehead atoms. The van der Waals surface area contributed by atoms with Crippen molar-refractivity contribution in [3.63, 3.8) is 0 Å². The first-order chi connectivity index (χ1) is 13.2. The normalized spacial score (nSPS) is 10.9. The van der Waals surface area contributed by atoms with E-state index in [1.165, 1.54) is 5.52 Å². The number of nitrogens with one attached hydrogen (secondary N) is 1. The molecule has 6 nitrogen and oxygen atoms in total. The van der Waals surface area contributed by atoms with Gasteiger partial charge in [-0.15, -0.1) is 0 Å². The predicted molar refractivity (Wildman–Crippen MR) is 108 cm³/mol. The fourth-order valence-electron chi connectivity index (χ4n) is 3.00. The van der Waals surface area contributed by atoms with Crippen LogP contribution in [0.2, 0.25) is 0 Å². The molecule has 2 aromatic heterocycles. The second kappa shape index (κ2) is 7.37. The molecule has 0 radical (unpaired) electrons. The molecule has 0 atom stereocenters. The van der Waals surface area contributed by atoms with Crippen molar-refractivity contribution in [1.29, 1.82) is 0 Å². The monoisotopic (exact) mass is 359 g/mol. The fourth-order valence-corrected chi connectivity index (χ4v) is 3.00. The third kappa shape index (κ3) is 3.84. The standard InChI is InChI=1S/C21H21N5O/c1-2-11-26-12-9-15-13-18(6-7-19(15)26)27-20-8-10-23-21(25-20)24-17-5-3-4-16(22)14-17/h3-10,12-14H,2,11,22H2,1H3,(H,23,24,25). The number of fused-ring (bicyclic) bond motifs is 1. The van der Waals surface area contributed by atoms with Crippen LogP contribution in [0.15, 0.2) is 67.0 Å². The lowest BCUT2D eigenvalue weighted by molar-refractivity contribution is 0.463. The van der Waals surface area contributed by atoms with Crippen molar-refractivity contribution in [3.05, 3.63) is 67.0 Å². The Labute approximate surface area is 157 Å². The van der Waals surface area contributed by atoms with Gasteiger partial charge in [-0.3, -0.25) is 0 Å². The Bertz CT molecular complexity index is 1070. The highest BCUT2D eigenvalue weighted by Gasteiger charge is 2.06. The highest BCUT2D eigenvalue weighted by Crippen LogP contribution is 2.26. The summed E-state index contributed by atoms with van der Waals surface area (Å²) in [6.45, 7) is 3.18. The summed E-state index contributed by atoms with van der Waals surface area (Å²) in [4.78, 5) is 8.65. The second-order valence-electron chi connectivity index (χ2n) is 6.30. The third-order valence-corrected chi connectivity index (χ3v) is 4.20. The van der Waals surface area contributed by atoms with Crippen molar-refractivity contribution >= 4 is 28.2 Å². The SMILES string of the molecule is CCCn1ccc2cc(Oc3ccnc(Nc4cccc(N)c4)n3)ccc21. The molecule has 4 rings (SSSR count). The largest absolute Gasteiger partial charge is 0.439 e. The van der Waals surface area contributed by atoms with Gasteiger partial charge in [0.05, 0.1) is 0 Å². The van der Waals surface area contributed by atoms with E-state index in [1.807, 2.05) is 36.4 Å². The summed E-state index contributed by atoms with van der Waals surface area (Å²) in [6.07, 6.45) is 4.87. The first-order valence-electron chi connectivity index (χ1n) is 8.93. The van der Waals surface area contributed by atoms with Crippen LogP contribution in [0.4, 0.5) is 17.3 Å². The Balaban J connectivity index is 1.53. The molecule has 6 heteroatoms. The van der Waals surface area contributed by atoms with Crippen molar-refractivity contribution in [2.45, 2.75) is 19.9 Å². The molecule has 0 aliphatic carbocycles. The molecular formula is C21H21N5O. The van der Waals surface area contributed by atoms with Crippen LogP contribution in [0, 0.1) is 0 Å². The molecule has 0 spiro atoms. The van der Waals surface area contributed by atoms with E-state index in [0.29, 0.717) is 17.5 Å². The lowest BCUT2D eigenvalue weighted by Gasteiger charge is -2.09. The molecule has 0 unspecified atom stereocenters. The van der Waals surface area contributed by atoms with E-state index >= 15 is 0 Å². The average molecular weight is 359 g/mol. The van der Waals surface area contributed by atoms with Gasteiger partial charge in [0.1, 0.15) is 5.75 Å². The summed E-state index contributed by atoms with van der Waals surface area (Å²) >= 11 is 0. The van der Waals surface area contributed by atoms with Crippen LogP contribution in [0.1, 0.15) is 13.3 Å². The summed E-state index contributed by atoms with van der Waals surface area (Å²) in [6, 6.07) is 17.3. The van der Waals surface area contributed by atoms with Crippen LogP contribution in [0.3, 0.4) is 0 Å². The van der Waals surface area contributed by atoms with E-state index in [1.54, 1.807) is 12.3 Å². The Morgan fingerprint density at radius 1 is 1.11 bits per heavy atom. The molecule has 27 heavy (non-hydrogen) atoms. The Kier molecular flexibility index (Phi) is 4.61.